The molecule has 1 heterocycles. The standard InChI is InChI=1S/C36H56N2O4/c1-24-21-32(4,5)12-14-36(24,31(41)38-16-18-42-19-17-38)15-13-33(6,7)35(9)11-10-28-26(3)30(40)27(23-37)22-34(28,8)29(35)20-25(2)39/h22,24,26,28-29H,10-21H2,1-9H3/t24?,26-,28-,29+,34-,35+,36-/m0/s1. The van der Waals surface area contributed by atoms with Crippen molar-refractivity contribution < 1.29 is 19.1 Å². The molecule has 1 amide bonds. The maximum atomic E-state index is 14.4. The van der Waals surface area contributed by atoms with Crippen molar-refractivity contribution in [2.45, 2.75) is 114 Å². The molecule has 6 nitrogen and oxygen atoms in total. The van der Waals surface area contributed by atoms with Gasteiger partial charge in [-0.25, -0.2) is 0 Å². The fraction of sp³-hybridized carbons (Fsp3) is 0.833. The van der Waals surface area contributed by atoms with Crippen molar-refractivity contribution in [1.82, 2.24) is 4.90 Å². The summed E-state index contributed by atoms with van der Waals surface area (Å²) in [6.45, 7) is 22.4. The molecule has 3 fully saturated rings. The van der Waals surface area contributed by atoms with Crippen LogP contribution in [-0.4, -0.2) is 48.7 Å². The van der Waals surface area contributed by atoms with Crippen LogP contribution in [0, 0.1) is 62.1 Å². The molecule has 1 aliphatic heterocycles. The van der Waals surface area contributed by atoms with E-state index < -0.39 is 10.8 Å². The average Bonchev–Trinajstić information content (AvgIpc) is 2.92. The number of hydrogen-bond acceptors (Lipinski definition) is 5. The van der Waals surface area contributed by atoms with E-state index in [9.17, 15) is 19.6 Å². The van der Waals surface area contributed by atoms with Crippen LogP contribution in [0.4, 0.5) is 0 Å². The maximum absolute atomic E-state index is 14.4. The lowest BCUT2D eigenvalue weighted by molar-refractivity contribution is -0.158. The molecular weight excluding hydrogens is 524 g/mol. The second kappa shape index (κ2) is 11.5. The number of morpholine rings is 1. The second-order valence-corrected chi connectivity index (χ2v) is 16.4. The lowest BCUT2D eigenvalue weighted by atomic mass is 9.41. The lowest BCUT2D eigenvalue weighted by Crippen LogP contribution is -2.58. The zero-order valence-corrected chi connectivity index (χ0v) is 27.9. The zero-order chi connectivity index (χ0) is 31.3. The summed E-state index contributed by atoms with van der Waals surface area (Å²) in [6, 6.07) is 2.19. The molecule has 1 unspecified atom stereocenters. The first-order chi connectivity index (χ1) is 19.4. The lowest BCUT2D eigenvalue weighted by Gasteiger charge is -2.63. The van der Waals surface area contributed by atoms with Crippen molar-refractivity contribution in [1.29, 1.82) is 5.26 Å². The number of fused-ring (bicyclic) bond motifs is 1. The van der Waals surface area contributed by atoms with Crippen molar-refractivity contribution in [3.63, 3.8) is 0 Å². The summed E-state index contributed by atoms with van der Waals surface area (Å²) in [4.78, 5) is 42.3. The maximum Gasteiger partial charge on any atom is 0.229 e. The predicted octanol–water partition coefficient (Wildman–Crippen LogP) is 7.17. The molecule has 42 heavy (non-hydrogen) atoms. The van der Waals surface area contributed by atoms with Crippen molar-refractivity contribution in [2.75, 3.05) is 26.3 Å². The van der Waals surface area contributed by atoms with Crippen LogP contribution in [-0.2, 0) is 19.1 Å². The van der Waals surface area contributed by atoms with Crippen molar-refractivity contribution in [2.24, 2.45) is 50.7 Å². The highest BCUT2D eigenvalue weighted by Gasteiger charge is 2.61. The molecule has 234 valence electrons. The van der Waals surface area contributed by atoms with Gasteiger partial charge in [-0.05, 0) is 91.3 Å². The van der Waals surface area contributed by atoms with E-state index in [0.717, 1.165) is 44.9 Å². The summed E-state index contributed by atoms with van der Waals surface area (Å²) in [5, 5.41) is 9.87. The van der Waals surface area contributed by atoms with Gasteiger partial charge in [-0.1, -0.05) is 61.5 Å². The Kier molecular flexibility index (Phi) is 9.00. The Morgan fingerprint density at radius 2 is 1.74 bits per heavy atom. The highest BCUT2D eigenvalue weighted by molar-refractivity contribution is 6.01. The van der Waals surface area contributed by atoms with Crippen LogP contribution in [0.25, 0.3) is 0 Å². The minimum Gasteiger partial charge on any atom is -0.378 e. The summed E-state index contributed by atoms with van der Waals surface area (Å²) in [5.74, 6) is 0.593. The van der Waals surface area contributed by atoms with Crippen molar-refractivity contribution in [3.05, 3.63) is 11.6 Å². The molecule has 4 rings (SSSR count). The number of carbonyl (C=O) groups excluding carboxylic acids is 3. The second-order valence-electron chi connectivity index (χ2n) is 16.4. The summed E-state index contributed by atoms with van der Waals surface area (Å²) in [6.07, 6.45) is 8.93. The van der Waals surface area contributed by atoms with Crippen LogP contribution in [0.3, 0.4) is 0 Å². The molecule has 0 N–H and O–H groups in total. The summed E-state index contributed by atoms with van der Waals surface area (Å²) >= 11 is 0. The number of rotatable bonds is 7. The van der Waals surface area contributed by atoms with Gasteiger partial charge in [-0.15, -0.1) is 0 Å². The van der Waals surface area contributed by atoms with Crippen LogP contribution < -0.4 is 0 Å². The van der Waals surface area contributed by atoms with Gasteiger partial charge >= 0.3 is 0 Å². The van der Waals surface area contributed by atoms with Gasteiger partial charge in [0.1, 0.15) is 11.9 Å². The Morgan fingerprint density at radius 3 is 2.31 bits per heavy atom. The Balaban J connectivity index is 1.70. The van der Waals surface area contributed by atoms with Crippen LogP contribution in [0.2, 0.25) is 0 Å². The third-order valence-corrected chi connectivity index (χ3v) is 13.2. The first-order valence-electron chi connectivity index (χ1n) is 16.5. The molecule has 4 aliphatic rings. The highest BCUT2D eigenvalue weighted by atomic mass is 16.5. The van der Waals surface area contributed by atoms with Gasteiger partial charge < -0.3 is 14.4 Å². The van der Waals surface area contributed by atoms with E-state index in [1.54, 1.807) is 6.92 Å². The summed E-state index contributed by atoms with van der Waals surface area (Å²) in [5.41, 5.74) is -0.700. The molecule has 0 bridgehead atoms. The van der Waals surface area contributed by atoms with Gasteiger partial charge in [-0.3, -0.25) is 9.59 Å². The molecule has 6 heteroatoms. The summed E-state index contributed by atoms with van der Waals surface area (Å²) < 4.78 is 5.60. The average molecular weight is 581 g/mol. The van der Waals surface area contributed by atoms with E-state index in [0.29, 0.717) is 38.6 Å². The Labute approximate surface area is 255 Å². The van der Waals surface area contributed by atoms with E-state index in [1.807, 2.05) is 13.0 Å². The number of carbonyl (C=O) groups is 3. The molecule has 0 radical (unpaired) electrons. The van der Waals surface area contributed by atoms with Gasteiger partial charge in [-0.2, -0.15) is 5.26 Å². The van der Waals surface area contributed by atoms with Gasteiger partial charge in [0.2, 0.25) is 5.91 Å². The molecule has 0 aromatic carbocycles. The SMILES string of the molecule is CC(=O)C[C@@H]1[C@@]2(C)C=C(C#N)C(=O)[C@@H](C)[C@@H]2CC[C@@]1(C)C(C)(C)CC[C@@]1(C(=O)N2CCOCC2)CCC(C)(C)CC1C. The fourth-order valence-electron chi connectivity index (χ4n) is 9.95. The largest absolute Gasteiger partial charge is 0.378 e. The topological polar surface area (TPSA) is 87.5 Å². The third-order valence-electron chi connectivity index (χ3n) is 13.2. The Morgan fingerprint density at radius 1 is 1.10 bits per heavy atom. The van der Waals surface area contributed by atoms with Gasteiger partial charge in [0.25, 0.3) is 0 Å². The molecule has 7 atom stereocenters. The quantitative estimate of drug-likeness (QED) is 0.319. The van der Waals surface area contributed by atoms with E-state index >= 15 is 0 Å². The number of hydrogen-bond donors (Lipinski definition) is 0. The monoisotopic (exact) mass is 580 g/mol. The minimum absolute atomic E-state index is 0.00348. The van der Waals surface area contributed by atoms with Gasteiger partial charge in [0, 0.05) is 25.4 Å². The van der Waals surface area contributed by atoms with Crippen LogP contribution in [0.1, 0.15) is 114 Å². The van der Waals surface area contributed by atoms with Gasteiger partial charge in [0.05, 0.1) is 24.2 Å². The number of nitriles is 1. The number of allylic oxidation sites excluding steroid dienone is 2. The van der Waals surface area contributed by atoms with E-state index in [2.05, 4.69) is 59.4 Å². The van der Waals surface area contributed by atoms with Crippen molar-refractivity contribution >= 4 is 17.5 Å². The molecular formula is C36H56N2O4. The molecule has 0 aromatic rings. The number of amides is 1. The van der Waals surface area contributed by atoms with Gasteiger partial charge in [0.15, 0.2) is 5.78 Å². The predicted molar refractivity (Wildman–Crippen MR) is 165 cm³/mol. The van der Waals surface area contributed by atoms with E-state index in [-0.39, 0.29) is 57.1 Å². The normalized spacial score (nSPS) is 38.7. The molecule has 0 spiro atoms. The van der Waals surface area contributed by atoms with Crippen LogP contribution >= 0.6 is 0 Å². The van der Waals surface area contributed by atoms with Crippen LogP contribution in [0.15, 0.2) is 11.6 Å². The molecule has 2 saturated carbocycles. The van der Waals surface area contributed by atoms with E-state index in [4.69, 9.17) is 4.74 Å². The third kappa shape index (κ3) is 5.53. The van der Waals surface area contributed by atoms with Crippen LogP contribution in [0.5, 0.6) is 0 Å². The fourth-order valence-corrected chi connectivity index (χ4v) is 9.95. The molecule has 1 saturated heterocycles. The first kappa shape index (κ1) is 32.9. The first-order valence-corrected chi connectivity index (χ1v) is 16.5. The zero-order valence-electron chi connectivity index (χ0n) is 27.9. The van der Waals surface area contributed by atoms with E-state index in [1.165, 1.54) is 0 Å². The smallest absolute Gasteiger partial charge is 0.229 e. The Bertz CT molecular complexity index is 1160. The Hall–Kier alpha value is -2.00. The molecule has 3 aliphatic carbocycles. The number of Topliss-reactive ketones (excluding diaryl/α,β-unsaturated/α-hetero) is 2. The van der Waals surface area contributed by atoms with Crippen molar-refractivity contribution in [3.8, 4) is 6.07 Å². The highest BCUT2D eigenvalue weighted by Crippen LogP contribution is 2.66. The summed E-state index contributed by atoms with van der Waals surface area (Å²) in [7, 11) is 0. The number of ether oxygens (including phenoxy) is 1. The number of nitrogens with zero attached hydrogens (tertiary/aromatic N) is 2. The number of ketones is 2. The minimum atomic E-state index is -0.419. The molecule has 0 aromatic heterocycles.